The summed E-state index contributed by atoms with van der Waals surface area (Å²) in [5.74, 6) is -1.51. The van der Waals surface area contributed by atoms with Gasteiger partial charge in [0.15, 0.2) is 0 Å². The number of nitrogens with zero attached hydrogens (tertiary/aromatic N) is 1. The van der Waals surface area contributed by atoms with Crippen molar-refractivity contribution >= 4 is 23.5 Å². The van der Waals surface area contributed by atoms with Crippen LogP contribution < -0.4 is 5.32 Å². The number of carboxylic acids is 1. The molecule has 0 bridgehead atoms. The van der Waals surface area contributed by atoms with Crippen LogP contribution in [0.1, 0.15) is 31.5 Å². The van der Waals surface area contributed by atoms with E-state index in [1.807, 2.05) is 26.0 Å². The Bertz CT molecular complexity index is 755. The number of carboxylic acid groups (broad SMARTS) is 1. The first kappa shape index (κ1) is 19.0. The molecule has 7 heteroatoms. The number of carbonyl (C=O) groups is 2. The largest absolute Gasteiger partial charge is 0.480 e. The van der Waals surface area contributed by atoms with E-state index in [0.717, 1.165) is 16.8 Å². The molecule has 1 amide bonds. The molecule has 0 radical (unpaired) electrons. The molecule has 2 unspecified atom stereocenters. The minimum Gasteiger partial charge on any atom is -0.480 e. The molecule has 2 rings (SSSR count). The van der Waals surface area contributed by atoms with Gasteiger partial charge in [-0.1, -0.05) is 44.0 Å². The Kier molecular flexibility index (Phi) is 6.20. The third-order valence-corrected chi connectivity index (χ3v) is 4.58. The van der Waals surface area contributed by atoms with Gasteiger partial charge in [0.2, 0.25) is 5.91 Å². The predicted molar refractivity (Wildman–Crippen MR) is 96.5 cm³/mol. The number of aryl methyl sites for hydroxylation is 1. The number of H-pyrrole nitrogens is 1. The summed E-state index contributed by atoms with van der Waals surface area (Å²) in [6.07, 6.45) is 0.721. The molecule has 3 N–H and O–H groups in total. The van der Waals surface area contributed by atoms with Crippen LogP contribution in [0.25, 0.3) is 11.3 Å². The first-order chi connectivity index (χ1) is 11.8. The van der Waals surface area contributed by atoms with Crippen LogP contribution in [0, 0.1) is 12.8 Å². The summed E-state index contributed by atoms with van der Waals surface area (Å²) in [7, 11) is 0. The zero-order valence-electron chi connectivity index (χ0n) is 14.5. The number of aliphatic carboxylic acids is 1. The molecule has 0 aliphatic heterocycles. The molecule has 1 heterocycles. The van der Waals surface area contributed by atoms with Crippen molar-refractivity contribution in [2.45, 2.75) is 39.7 Å². The number of carbonyl (C=O) groups excluding carboxylic acids is 1. The summed E-state index contributed by atoms with van der Waals surface area (Å²) >= 11 is 5.91. The molecule has 1 aromatic carbocycles. The molecule has 1 aromatic heterocycles. The molecule has 0 aliphatic rings. The molecule has 2 aromatic rings. The second-order valence-electron chi connectivity index (χ2n) is 6.13. The maximum absolute atomic E-state index is 12.4. The first-order valence-corrected chi connectivity index (χ1v) is 8.53. The number of aromatic nitrogens is 2. The maximum atomic E-state index is 12.4. The average molecular weight is 364 g/mol. The third-order valence-electron chi connectivity index (χ3n) is 4.32. The van der Waals surface area contributed by atoms with Crippen LogP contribution >= 0.6 is 11.6 Å². The van der Waals surface area contributed by atoms with Crippen LogP contribution in [0.3, 0.4) is 0 Å². The summed E-state index contributed by atoms with van der Waals surface area (Å²) in [5, 5.41) is 19.7. The zero-order valence-corrected chi connectivity index (χ0v) is 15.2. The van der Waals surface area contributed by atoms with E-state index in [4.69, 9.17) is 11.6 Å². The van der Waals surface area contributed by atoms with Gasteiger partial charge in [-0.2, -0.15) is 5.10 Å². The Morgan fingerprint density at radius 3 is 2.52 bits per heavy atom. The predicted octanol–water partition coefficient (Wildman–Crippen LogP) is 3.20. The third kappa shape index (κ3) is 4.60. The molecule has 0 saturated carbocycles. The van der Waals surface area contributed by atoms with Gasteiger partial charge in [-0.05, 0) is 25.0 Å². The number of amides is 1. The van der Waals surface area contributed by atoms with Gasteiger partial charge in [0.25, 0.3) is 0 Å². The first-order valence-electron chi connectivity index (χ1n) is 8.15. The van der Waals surface area contributed by atoms with E-state index >= 15 is 0 Å². The van der Waals surface area contributed by atoms with Gasteiger partial charge in [0.1, 0.15) is 6.04 Å². The number of aromatic amines is 1. The summed E-state index contributed by atoms with van der Waals surface area (Å²) in [4.78, 5) is 23.8. The molecule has 2 atom stereocenters. The summed E-state index contributed by atoms with van der Waals surface area (Å²) in [6, 6.07) is 6.28. The Morgan fingerprint density at radius 2 is 1.96 bits per heavy atom. The van der Waals surface area contributed by atoms with Crippen LogP contribution in [0.4, 0.5) is 0 Å². The van der Waals surface area contributed by atoms with Crippen molar-refractivity contribution in [1.29, 1.82) is 0 Å². The lowest BCUT2D eigenvalue weighted by Gasteiger charge is -2.20. The molecular formula is C18H22ClN3O3. The monoisotopic (exact) mass is 363 g/mol. The topological polar surface area (TPSA) is 95.1 Å². The highest BCUT2D eigenvalue weighted by molar-refractivity contribution is 6.30. The van der Waals surface area contributed by atoms with Crippen molar-refractivity contribution in [2.75, 3.05) is 0 Å². The summed E-state index contributed by atoms with van der Waals surface area (Å²) in [5.41, 5.74) is 3.02. The van der Waals surface area contributed by atoms with Crippen LogP contribution in [0.15, 0.2) is 24.3 Å². The lowest BCUT2D eigenvalue weighted by Crippen LogP contribution is -2.45. The number of hydrogen-bond donors (Lipinski definition) is 3. The Morgan fingerprint density at radius 1 is 1.32 bits per heavy atom. The highest BCUT2D eigenvalue weighted by Crippen LogP contribution is 2.25. The van der Waals surface area contributed by atoms with Crippen molar-refractivity contribution < 1.29 is 14.7 Å². The molecule has 0 saturated heterocycles. The molecule has 0 spiro atoms. The second-order valence-corrected chi connectivity index (χ2v) is 6.56. The summed E-state index contributed by atoms with van der Waals surface area (Å²) < 4.78 is 0. The van der Waals surface area contributed by atoms with Crippen molar-refractivity contribution in [1.82, 2.24) is 15.5 Å². The molecular weight excluding hydrogens is 342 g/mol. The number of nitrogens with one attached hydrogen (secondary N) is 2. The molecule has 25 heavy (non-hydrogen) atoms. The van der Waals surface area contributed by atoms with E-state index in [1.54, 1.807) is 19.1 Å². The van der Waals surface area contributed by atoms with Gasteiger partial charge < -0.3 is 10.4 Å². The Labute approximate surface area is 151 Å². The normalized spacial score (nSPS) is 13.3. The standard InChI is InChI=1S/C18H22ClN3O3/c1-4-10(2)16(18(24)25)20-15(23)9-14-11(3)21-22-17(14)12-5-7-13(19)8-6-12/h5-8,10,16H,4,9H2,1-3H3,(H,20,23)(H,21,22)(H,24,25). The quantitative estimate of drug-likeness (QED) is 0.704. The zero-order chi connectivity index (χ0) is 18.6. The molecule has 134 valence electrons. The number of benzene rings is 1. The van der Waals surface area contributed by atoms with Crippen LogP contribution in [-0.2, 0) is 16.0 Å². The molecule has 0 fully saturated rings. The lowest BCUT2D eigenvalue weighted by molar-refractivity contribution is -0.143. The highest BCUT2D eigenvalue weighted by Gasteiger charge is 2.26. The fourth-order valence-electron chi connectivity index (χ4n) is 2.58. The van der Waals surface area contributed by atoms with Gasteiger partial charge in [-0.15, -0.1) is 0 Å². The SMILES string of the molecule is CCC(C)C(NC(=O)Cc1c(-c2ccc(Cl)cc2)n[nH]c1C)C(=O)O. The molecule has 6 nitrogen and oxygen atoms in total. The van der Waals surface area contributed by atoms with E-state index in [2.05, 4.69) is 15.5 Å². The van der Waals surface area contributed by atoms with Gasteiger partial charge in [-0.25, -0.2) is 4.79 Å². The van der Waals surface area contributed by atoms with Gasteiger partial charge in [0.05, 0.1) is 12.1 Å². The van der Waals surface area contributed by atoms with E-state index in [0.29, 0.717) is 17.1 Å². The minimum absolute atomic E-state index is 0.0561. The van der Waals surface area contributed by atoms with Crippen molar-refractivity contribution in [2.24, 2.45) is 5.92 Å². The van der Waals surface area contributed by atoms with Crippen molar-refractivity contribution in [3.63, 3.8) is 0 Å². The van der Waals surface area contributed by atoms with E-state index in [9.17, 15) is 14.7 Å². The maximum Gasteiger partial charge on any atom is 0.326 e. The van der Waals surface area contributed by atoms with E-state index < -0.39 is 12.0 Å². The van der Waals surface area contributed by atoms with E-state index in [-0.39, 0.29) is 18.2 Å². The minimum atomic E-state index is -1.02. The molecule has 0 aliphatic carbocycles. The van der Waals surface area contributed by atoms with Crippen LogP contribution in [-0.4, -0.2) is 33.2 Å². The van der Waals surface area contributed by atoms with Gasteiger partial charge >= 0.3 is 5.97 Å². The number of rotatable bonds is 7. The Hall–Kier alpha value is -2.34. The lowest BCUT2D eigenvalue weighted by atomic mass is 9.98. The second kappa shape index (κ2) is 8.16. The Balaban J connectivity index is 2.20. The van der Waals surface area contributed by atoms with Crippen molar-refractivity contribution in [3.05, 3.63) is 40.5 Å². The average Bonchev–Trinajstić information content (AvgIpc) is 2.93. The van der Waals surface area contributed by atoms with Gasteiger partial charge in [0, 0.05) is 21.8 Å². The van der Waals surface area contributed by atoms with E-state index in [1.165, 1.54) is 0 Å². The fourth-order valence-corrected chi connectivity index (χ4v) is 2.71. The summed E-state index contributed by atoms with van der Waals surface area (Å²) in [6.45, 7) is 5.53. The van der Waals surface area contributed by atoms with Crippen molar-refractivity contribution in [3.8, 4) is 11.3 Å². The number of halogens is 1. The highest BCUT2D eigenvalue weighted by atomic mass is 35.5. The fraction of sp³-hybridized carbons (Fsp3) is 0.389. The van der Waals surface area contributed by atoms with Crippen LogP contribution in [0.2, 0.25) is 5.02 Å². The van der Waals surface area contributed by atoms with Crippen LogP contribution in [0.5, 0.6) is 0 Å². The van der Waals surface area contributed by atoms with Gasteiger partial charge in [-0.3, -0.25) is 9.89 Å². The number of hydrogen-bond acceptors (Lipinski definition) is 3. The smallest absolute Gasteiger partial charge is 0.326 e.